The van der Waals surface area contributed by atoms with E-state index < -0.39 is 5.97 Å². The molecule has 0 aliphatic carbocycles. The van der Waals surface area contributed by atoms with Crippen molar-refractivity contribution in [3.05, 3.63) is 36.0 Å². The number of nitrogens with zero attached hydrogens (tertiary/aromatic N) is 5. The summed E-state index contributed by atoms with van der Waals surface area (Å²) < 4.78 is 6.78. The first-order valence-electron chi connectivity index (χ1n) is 8.10. The number of carboxylic acids is 1. The summed E-state index contributed by atoms with van der Waals surface area (Å²) in [5, 5.41) is 13.1. The van der Waals surface area contributed by atoms with E-state index in [-0.39, 0.29) is 17.7 Å². The third-order valence-corrected chi connectivity index (χ3v) is 4.13. The summed E-state index contributed by atoms with van der Waals surface area (Å²) in [5.41, 5.74) is 0.390. The Morgan fingerprint density at radius 3 is 2.60 bits per heavy atom. The van der Waals surface area contributed by atoms with Crippen molar-refractivity contribution in [1.29, 1.82) is 0 Å². The molecule has 3 heterocycles. The number of aromatic nitrogens is 4. The van der Waals surface area contributed by atoms with E-state index in [9.17, 15) is 9.59 Å². The Bertz CT molecular complexity index is 750. The first-order valence-corrected chi connectivity index (χ1v) is 8.10. The van der Waals surface area contributed by atoms with Crippen LogP contribution in [0.15, 0.2) is 24.8 Å². The zero-order chi connectivity index (χ0) is 17.8. The van der Waals surface area contributed by atoms with Gasteiger partial charge >= 0.3 is 11.9 Å². The number of aromatic carboxylic acids is 1. The molecule has 25 heavy (non-hydrogen) atoms. The van der Waals surface area contributed by atoms with E-state index >= 15 is 0 Å². The van der Waals surface area contributed by atoms with Crippen LogP contribution in [-0.4, -0.2) is 56.5 Å². The maximum Gasteiger partial charge on any atom is 0.356 e. The Morgan fingerprint density at radius 1 is 1.24 bits per heavy atom. The second-order valence-corrected chi connectivity index (χ2v) is 5.71. The minimum Gasteiger partial charge on any atom is -0.476 e. The maximum atomic E-state index is 11.7. The van der Waals surface area contributed by atoms with Crippen molar-refractivity contribution in [1.82, 2.24) is 19.7 Å². The molecule has 1 fully saturated rings. The van der Waals surface area contributed by atoms with Crippen molar-refractivity contribution in [3.63, 3.8) is 0 Å². The van der Waals surface area contributed by atoms with E-state index in [4.69, 9.17) is 9.84 Å². The molecule has 0 saturated carbocycles. The molecule has 0 atom stereocenters. The van der Waals surface area contributed by atoms with Gasteiger partial charge < -0.3 is 14.7 Å². The van der Waals surface area contributed by atoms with Crippen LogP contribution in [-0.2, 0) is 4.74 Å². The lowest BCUT2D eigenvalue weighted by atomic mass is 10.1. The topological polar surface area (TPSA) is 110 Å². The van der Waals surface area contributed by atoms with E-state index in [0.717, 1.165) is 25.9 Å². The van der Waals surface area contributed by atoms with Crippen molar-refractivity contribution >= 4 is 17.8 Å². The predicted molar refractivity (Wildman–Crippen MR) is 87.7 cm³/mol. The molecule has 9 nitrogen and oxygen atoms in total. The van der Waals surface area contributed by atoms with Crippen molar-refractivity contribution in [2.45, 2.75) is 25.8 Å². The molecule has 0 amide bonds. The lowest BCUT2D eigenvalue weighted by Gasteiger charge is -2.32. The smallest absolute Gasteiger partial charge is 0.356 e. The van der Waals surface area contributed by atoms with Crippen LogP contribution in [0.3, 0.4) is 0 Å². The number of anilines is 1. The SMILES string of the molecule is CCOC(=O)c1cnn(C2CCN(c3cnc(C(=O)O)cn3)CC2)c1. The minimum absolute atomic E-state index is 0.0679. The molecule has 0 bridgehead atoms. The first-order chi connectivity index (χ1) is 12.1. The lowest BCUT2D eigenvalue weighted by Crippen LogP contribution is -2.35. The summed E-state index contributed by atoms with van der Waals surface area (Å²) in [5.74, 6) is -0.787. The number of carbonyl (C=O) groups is 2. The van der Waals surface area contributed by atoms with Gasteiger partial charge in [-0.2, -0.15) is 5.10 Å². The quantitative estimate of drug-likeness (QED) is 0.809. The van der Waals surface area contributed by atoms with Crippen molar-refractivity contribution in [3.8, 4) is 0 Å². The van der Waals surface area contributed by atoms with Crippen LogP contribution in [0.4, 0.5) is 5.82 Å². The number of esters is 1. The van der Waals surface area contributed by atoms with E-state index in [1.807, 2.05) is 4.68 Å². The monoisotopic (exact) mass is 345 g/mol. The van der Waals surface area contributed by atoms with Crippen molar-refractivity contribution in [2.24, 2.45) is 0 Å². The molecule has 2 aromatic rings. The highest BCUT2D eigenvalue weighted by molar-refractivity contribution is 5.88. The van der Waals surface area contributed by atoms with E-state index in [1.165, 1.54) is 18.6 Å². The van der Waals surface area contributed by atoms with Gasteiger partial charge in [0.15, 0.2) is 5.69 Å². The average molecular weight is 345 g/mol. The Balaban J connectivity index is 1.60. The summed E-state index contributed by atoms with van der Waals surface area (Å²) in [7, 11) is 0. The van der Waals surface area contributed by atoms with Gasteiger partial charge in [-0.15, -0.1) is 0 Å². The second kappa shape index (κ2) is 7.29. The second-order valence-electron chi connectivity index (χ2n) is 5.71. The molecule has 9 heteroatoms. The molecule has 0 unspecified atom stereocenters. The molecule has 1 N–H and O–H groups in total. The molecular weight excluding hydrogens is 326 g/mol. The predicted octanol–water partition coefficient (Wildman–Crippen LogP) is 1.39. The first kappa shape index (κ1) is 16.9. The van der Waals surface area contributed by atoms with Gasteiger partial charge in [0.05, 0.1) is 36.8 Å². The number of rotatable bonds is 5. The van der Waals surface area contributed by atoms with Gasteiger partial charge in [-0.05, 0) is 19.8 Å². The third-order valence-electron chi connectivity index (χ3n) is 4.13. The Hall–Kier alpha value is -2.97. The van der Waals surface area contributed by atoms with E-state index in [1.54, 1.807) is 13.1 Å². The molecule has 2 aromatic heterocycles. The minimum atomic E-state index is -1.09. The van der Waals surface area contributed by atoms with Gasteiger partial charge in [-0.1, -0.05) is 0 Å². The Kier molecular flexibility index (Phi) is 4.92. The highest BCUT2D eigenvalue weighted by Crippen LogP contribution is 2.25. The van der Waals surface area contributed by atoms with Gasteiger partial charge in [-0.25, -0.2) is 19.6 Å². The van der Waals surface area contributed by atoms with Crippen LogP contribution in [0.25, 0.3) is 0 Å². The van der Waals surface area contributed by atoms with E-state index in [2.05, 4.69) is 20.0 Å². The zero-order valence-electron chi connectivity index (χ0n) is 13.8. The molecule has 3 rings (SSSR count). The van der Waals surface area contributed by atoms with Gasteiger partial charge in [0, 0.05) is 19.3 Å². The summed E-state index contributed by atoms with van der Waals surface area (Å²) in [6.45, 7) is 3.61. The largest absolute Gasteiger partial charge is 0.476 e. The summed E-state index contributed by atoms with van der Waals surface area (Å²) in [6, 6.07) is 0.200. The normalized spacial score (nSPS) is 15.2. The van der Waals surface area contributed by atoms with Crippen LogP contribution in [0, 0.1) is 0 Å². The molecule has 0 radical (unpaired) electrons. The lowest BCUT2D eigenvalue weighted by molar-refractivity contribution is 0.0525. The molecule has 132 valence electrons. The van der Waals surface area contributed by atoms with Crippen molar-refractivity contribution < 1.29 is 19.4 Å². The fourth-order valence-electron chi connectivity index (χ4n) is 2.81. The summed E-state index contributed by atoms with van der Waals surface area (Å²) in [4.78, 5) is 32.7. The number of carboxylic acid groups (broad SMARTS) is 1. The number of hydrogen-bond donors (Lipinski definition) is 1. The van der Waals surface area contributed by atoms with Gasteiger partial charge in [0.25, 0.3) is 0 Å². The van der Waals surface area contributed by atoms with Gasteiger partial charge in [0.2, 0.25) is 0 Å². The number of carbonyl (C=O) groups excluding carboxylic acids is 1. The number of ether oxygens (including phenoxy) is 1. The average Bonchev–Trinajstić information content (AvgIpc) is 3.12. The van der Waals surface area contributed by atoms with Gasteiger partial charge in [-0.3, -0.25) is 4.68 Å². The summed E-state index contributed by atoms with van der Waals surface area (Å²) >= 11 is 0. The van der Waals surface area contributed by atoms with Crippen LogP contribution < -0.4 is 4.90 Å². The molecule has 0 spiro atoms. The highest BCUT2D eigenvalue weighted by atomic mass is 16.5. The summed E-state index contributed by atoms with van der Waals surface area (Å²) in [6.07, 6.45) is 7.68. The van der Waals surface area contributed by atoms with Crippen LogP contribution in [0.2, 0.25) is 0 Å². The van der Waals surface area contributed by atoms with Gasteiger partial charge in [0.1, 0.15) is 5.82 Å². The molecule has 1 saturated heterocycles. The Labute approximate surface area is 144 Å². The zero-order valence-corrected chi connectivity index (χ0v) is 13.8. The standard InChI is InChI=1S/C16H19N5O4/c1-2-25-16(24)11-7-19-21(10-11)12-3-5-20(6-4-12)14-9-17-13(8-18-14)15(22)23/h7-10,12H,2-6H2,1H3,(H,22,23). The molecule has 0 aromatic carbocycles. The third kappa shape index (κ3) is 3.76. The van der Waals surface area contributed by atoms with E-state index in [0.29, 0.717) is 18.0 Å². The fraction of sp³-hybridized carbons (Fsp3) is 0.438. The number of hydrogen-bond acceptors (Lipinski definition) is 7. The highest BCUT2D eigenvalue weighted by Gasteiger charge is 2.23. The number of piperidine rings is 1. The molecular formula is C16H19N5O4. The van der Waals surface area contributed by atoms with Crippen LogP contribution in [0.1, 0.15) is 46.7 Å². The van der Waals surface area contributed by atoms with Crippen molar-refractivity contribution in [2.75, 3.05) is 24.6 Å². The maximum absolute atomic E-state index is 11.7. The Morgan fingerprint density at radius 2 is 2.00 bits per heavy atom. The molecule has 1 aliphatic rings. The fourth-order valence-corrected chi connectivity index (χ4v) is 2.81. The van der Waals surface area contributed by atoms with Crippen LogP contribution in [0.5, 0.6) is 0 Å². The van der Waals surface area contributed by atoms with Crippen LogP contribution >= 0.6 is 0 Å². The molecule has 1 aliphatic heterocycles.